The maximum atomic E-state index is 13.4. The molecule has 2 aromatic carbocycles. The van der Waals surface area contributed by atoms with E-state index in [0.717, 1.165) is 41.8 Å². The van der Waals surface area contributed by atoms with E-state index in [1.165, 1.54) is 11.3 Å². The topological polar surface area (TPSA) is 86.8 Å². The number of pyridine rings is 1. The molecule has 2 aromatic heterocycles. The number of hydrogen-bond acceptors (Lipinski definition) is 7. The van der Waals surface area contributed by atoms with E-state index in [-0.39, 0.29) is 11.9 Å². The van der Waals surface area contributed by atoms with Crippen molar-refractivity contribution in [3.63, 3.8) is 0 Å². The number of unbranched alkanes of at least 4 members (excludes halogenated alkanes) is 1. The van der Waals surface area contributed by atoms with Crippen LogP contribution in [0.15, 0.2) is 60.8 Å². The van der Waals surface area contributed by atoms with Crippen molar-refractivity contribution in [3.05, 3.63) is 71.2 Å². The molecular weight excluding hydrogens is 518 g/mol. The Labute approximate surface area is 231 Å². The predicted molar refractivity (Wildman–Crippen MR) is 157 cm³/mol. The summed E-state index contributed by atoms with van der Waals surface area (Å²) in [7, 11) is 2.01. The summed E-state index contributed by atoms with van der Waals surface area (Å²) >= 11 is 5.54. The second-order valence-electron chi connectivity index (χ2n) is 9.13. The van der Waals surface area contributed by atoms with Crippen molar-refractivity contribution in [1.82, 2.24) is 15.2 Å². The Bertz CT molecular complexity index is 1470. The lowest BCUT2D eigenvalue weighted by molar-refractivity contribution is 0.0957. The van der Waals surface area contributed by atoms with Crippen LogP contribution in [-0.2, 0) is 0 Å². The summed E-state index contributed by atoms with van der Waals surface area (Å²) < 4.78 is 5.96. The van der Waals surface area contributed by atoms with Crippen LogP contribution in [0.4, 0.5) is 21.9 Å². The molecular formula is C28H29N5O3S2. The first-order valence-corrected chi connectivity index (χ1v) is 13.8. The second-order valence-corrected chi connectivity index (χ2v) is 10.4. The van der Waals surface area contributed by atoms with Crippen molar-refractivity contribution < 1.29 is 14.3 Å². The fraction of sp³-hybridized carbons (Fsp3) is 0.250. The van der Waals surface area contributed by atoms with Crippen LogP contribution in [0, 0.1) is 6.92 Å². The van der Waals surface area contributed by atoms with Crippen LogP contribution in [0.5, 0.6) is 11.5 Å². The van der Waals surface area contributed by atoms with Crippen LogP contribution in [0.25, 0.3) is 10.2 Å². The maximum absolute atomic E-state index is 13.4. The number of nitrogens with zero attached hydrogens (tertiary/aromatic N) is 3. The van der Waals surface area contributed by atoms with Gasteiger partial charge in [0.2, 0.25) is 0 Å². The summed E-state index contributed by atoms with van der Waals surface area (Å²) in [6, 6.07) is 16.7. The third-order valence-electron chi connectivity index (χ3n) is 6.33. The van der Waals surface area contributed by atoms with Crippen molar-refractivity contribution in [2.75, 3.05) is 36.2 Å². The zero-order chi connectivity index (χ0) is 26.6. The minimum Gasteiger partial charge on any atom is -0.457 e. The summed E-state index contributed by atoms with van der Waals surface area (Å²) in [5.74, 6) is 1.92. The number of benzene rings is 2. The first kappa shape index (κ1) is 26.0. The number of rotatable bonds is 10. The molecule has 0 spiro atoms. The van der Waals surface area contributed by atoms with E-state index in [1.54, 1.807) is 11.1 Å². The minimum absolute atomic E-state index is 0.205. The van der Waals surface area contributed by atoms with Gasteiger partial charge in [-0.1, -0.05) is 18.2 Å². The number of urea groups is 1. The lowest BCUT2D eigenvalue weighted by atomic mass is 10.1. The van der Waals surface area contributed by atoms with Gasteiger partial charge in [-0.15, -0.1) is 11.3 Å². The first-order chi connectivity index (χ1) is 18.5. The number of anilines is 3. The van der Waals surface area contributed by atoms with Gasteiger partial charge in [0.05, 0.1) is 22.4 Å². The van der Waals surface area contributed by atoms with Gasteiger partial charge in [0.15, 0.2) is 0 Å². The Morgan fingerprint density at radius 1 is 1.13 bits per heavy atom. The molecule has 2 N–H and O–H groups in total. The summed E-state index contributed by atoms with van der Waals surface area (Å²) in [6.07, 6.45) is 3.49. The van der Waals surface area contributed by atoms with E-state index in [9.17, 15) is 9.59 Å². The Balaban J connectivity index is 1.38. The summed E-state index contributed by atoms with van der Waals surface area (Å²) in [5, 5.41) is 6.71. The molecule has 0 radical (unpaired) electrons. The summed E-state index contributed by atoms with van der Waals surface area (Å²) in [6.45, 7) is 3.42. The van der Waals surface area contributed by atoms with E-state index in [2.05, 4.69) is 33.1 Å². The van der Waals surface area contributed by atoms with Gasteiger partial charge in [0.1, 0.15) is 21.2 Å². The van der Waals surface area contributed by atoms with Gasteiger partial charge < -0.3 is 15.4 Å². The number of para-hydroxylation sites is 1. The largest absolute Gasteiger partial charge is 0.457 e. The van der Waals surface area contributed by atoms with Gasteiger partial charge in [0.25, 0.3) is 5.91 Å². The Morgan fingerprint density at radius 2 is 1.95 bits per heavy atom. The Kier molecular flexibility index (Phi) is 7.82. The standard InChI is InChI=1S/C28H29N5O3S2/c1-18-16-20(36-19-8-4-3-5-9-19)10-11-21(18)33-22-12-14-30-27-23(22)24(31-28(33)35)25(38-27)26(34)29-13-6-7-15-32(2)17-37/h3-5,8-12,14,16,37H,6-7,13,15,17H2,1-2H3,(H,29,34)(H,31,35). The van der Waals surface area contributed by atoms with Crippen LogP contribution in [0.1, 0.15) is 28.1 Å². The van der Waals surface area contributed by atoms with Gasteiger partial charge in [-0.05, 0) is 75.3 Å². The van der Waals surface area contributed by atoms with Gasteiger partial charge in [-0.2, -0.15) is 12.6 Å². The number of carbonyl (C=O) groups is 2. The molecule has 0 fully saturated rings. The number of ether oxygens (including phenoxy) is 1. The minimum atomic E-state index is -0.327. The van der Waals surface area contributed by atoms with Gasteiger partial charge >= 0.3 is 6.03 Å². The van der Waals surface area contributed by atoms with Crippen LogP contribution in [0.3, 0.4) is 0 Å². The third kappa shape index (κ3) is 5.33. The highest BCUT2D eigenvalue weighted by atomic mass is 32.1. The normalized spacial score (nSPS) is 12.6. The highest BCUT2D eigenvalue weighted by Gasteiger charge is 2.33. The number of aromatic nitrogens is 1. The van der Waals surface area contributed by atoms with Gasteiger partial charge in [0, 0.05) is 18.6 Å². The molecule has 0 bridgehead atoms. The molecule has 0 saturated carbocycles. The summed E-state index contributed by atoms with van der Waals surface area (Å²) in [4.78, 5) is 35.9. The quantitative estimate of drug-likeness (QED) is 0.121. The smallest absolute Gasteiger partial charge is 0.331 e. The van der Waals surface area contributed by atoms with Crippen molar-refractivity contribution in [3.8, 4) is 11.5 Å². The van der Waals surface area contributed by atoms with Crippen LogP contribution >= 0.6 is 24.0 Å². The fourth-order valence-electron chi connectivity index (χ4n) is 4.41. The number of nitrogens with one attached hydrogen (secondary N) is 2. The van der Waals surface area contributed by atoms with Crippen molar-refractivity contribution >= 4 is 63.2 Å². The molecule has 3 heterocycles. The monoisotopic (exact) mass is 547 g/mol. The van der Waals surface area contributed by atoms with E-state index in [4.69, 9.17) is 4.74 Å². The summed E-state index contributed by atoms with van der Waals surface area (Å²) in [5.41, 5.74) is 2.81. The molecule has 10 heteroatoms. The van der Waals surface area contributed by atoms with E-state index >= 15 is 0 Å². The Morgan fingerprint density at radius 3 is 2.71 bits per heavy atom. The molecule has 196 valence electrons. The lowest BCUT2D eigenvalue weighted by Gasteiger charge is -2.29. The molecule has 38 heavy (non-hydrogen) atoms. The molecule has 8 nitrogen and oxygen atoms in total. The fourth-order valence-corrected chi connectivity index (χ4v) is 5.59. The molecule has 1 aliphatic rings. The SMILES string of the molecule is Cc1cc(Oc2ccccc2)ccc1N1C(=O)Nc2c(C(=O)NCCCCN(C)CS)sc3nccc1c23. The molecule has 0 aliphatic carbocycles. The molecule has 0 atom stereocenters. The number of thiol groups is 1. The molecule has 0 unspecified atom stereocenters. The number of thiophene rings is 1. The third-order valence-corrected chi connectivity index (χ3v) is 7.91. The molecule has 1 aliphatic heterocycles. The maximum Gasteiger partial charge on any atom is 0.331 e. The Hall–Kier alpha value is -3.60. The van der Waals surface area contributed by atoms with E-state index in [1.807, 2.05) is 68.6 Å². The molecule has 3 amide bonds. The average Bonchev–Trinajstić information content (AvgIpc) is 3.29. The zero-order valence-electron chi connectivity index (χ0n) is 21.2. The number of amides is 3. The van der Waals surface area contributed by atoms with Crippen LogP contribution in [0.2, 0.25) is 0 Å². The first-order valence-electron chi connectivity index (χ1n) is 12.4. The highest BCUT2D eigenvalue weighted by molar-refractivity contribution is 7.80. The van der Waals surface area contributed by atoms with Crippen LogP contribution < -0.4 is 20.3 Å². The average molecular weight is 548 g/mol. The highest BCUT2D eigenvalue weighted by Crippen LogP contribution is 2.46. The predicted octanol–water partition coefficient (Wildman–Crippen LogP) is 6.41. The van der Waals surface area contributed by atoms with Crippen molar-refractivity contribution in [2.45, 2.75) is 19.8 Å². The van der Waals surface area contributed by atoms with E-state index < -0.39 is 0 Å². The second kappa shape index (κ2) is 11.4. The lowest BCUT2D eigenvalue weighted by Crippen LogP contribution is -2.35. The zero-order valence-corrected chi connectivity index (χ0v) is 22.9. The van der Waals surface area contributed by atoms with Crippen molar-refractivity contribution in [2.24, 2.45) is 0 Å². The van der Waals surface area contributed by atoms with Gasteiger partial charge in [-0.25, -0.2) is 9.78 Å². The molecule has 4 aromatic rings. The van der Waals surface area contributed by atoms with E-state index in [0.29, 0.717) is 39.3 Å². The number of aryl methyl sites for hydroxylation is 1. The molecule has 5 rings (SSSR count). The van der Waals surface area contributed by atoms with Crippen LogP contribution in [-0.4, -0.2) is 47.8 Å². The number of hydrogen-bond donors (Lipinski definition) is 3. The molecule has 0 saturated heterocycles. The number of carbonyl (C=O) groups excluding carboxylic acids is 2. The van der Waals surface area contributed by atoms with Crippen molar-refractivity contribution in [1.29, 1.82) is 0 Å². The van der Waals surface area contributed by atoms with Gasteiger partial charge in [-0.3, -0.25) is 14.6 Å².